The molecule has 2 rings (SSSR count). The number of rotatable bonds is 1. The topological polar surface area (TPSA) is 55.4 Å². The van der Waals surface area contributed by atoms with Crippen LogP contribution in [0.15, 0.2) is 28.7 Å². The maximum Gasteiger partial charge on any atom is 0.415 e. The highest BCUT2D eigenvalue weighted by molar-refractivity contribution is 9.10. The highest BCUT2D eigenvalue weighted by Crippen LogP contribution is 2.23. The molecule has 1 atom stereocenters. The normalized spacial score (nSPS) is 20.5. The Morgan fingerprint density at radius 2 is 1.86 bits per heavy atom. The first-order valence-corrected chi connectivity index (χ1v) is 4.73. The van der Waals surface area contributed by atoms with Crippen molar-refractivity contribution in [1.29, 1.82) is 0 Å². The highest BCUT2D eigenvalue weighted by atomic mass is 79.9. The minimum absolute atomic E-state index is 0.419. The van der Waals surface area contributed by atoms with Crippen LogP contribution in [0, 0.1) is 0 Å². The zero-order chi connectivity index (χ0) is 10.1. The lowest BCUT2D eigenvalue weighted by Gasteiger charge is -2.05. The van der Waals surface area contributed by atoms with E-state index in [0.717, 1.165) is 4.47 Å². The molecule has 1 N–H and O–H groups in total. The Kier molecular flexibility index (Phi) is 2.25. The van der Waals surface area contributed by atoms with Gasteiger partial charge < -0.3 is 4.74 Å². The molecule has 0 aromatic heterocycles. The lowest BCUT2D eigenvalue weighted by molar-refractivity contribution is -0.123. The number of imide groups is 1. The van der Waals surface area contributed by atoms with Crippen LogP contribution in [0.3, 0.4) is 0 Å². The first-order chi connectivity index (χ1) is 6.66. The van der Waals surface area contributed by atoms with Crippen molar-refractivity contribution in [1.82, 2.24) is 5.32 Å². The number of ether oxygens (including phenoxy) is 1. The van der Waals surface area contributed by atoms with E-state index < -0.39 is 18.1 Å². The highest BCUT2D eigenvalue weighted by Gasteiger charge is 2.33. The zero-order valence-electron chi connectivity index (χ0n) is 6.99. The fourth-order valence-corrected chi connectivity index (χ4v) is 1.48. The molecule has 1 heterocycles. The number of halogens is 1. The SMILES string of the molecule is O=C1NC(=O)[C@@H](c2ccc(Br)cc2)O1. The molecule has 14 heavy (non-hydrogen) atoms. The summed E-state index contributed by atoms with van der Waals surface area (Å²) in [6, 6.07) is 7.03. The Balaban J connectivity index is 2.27. The van der Waals surface area contributed by atoms with Crippen LogP contribution in [0.1, 0.15) is 11.7 Å². The molecule has 1 aliphatic heterocycles. The number of hydrogen-bond donors (Lipinski definition) is 1. The van der Waals surface area contributed by atoms with E-state index in [1.54, 1.807) is 24.3 Å². The molecule has 1 saturated heterocycles. The average molecular weight is 256 g/mol. The number of alkyl carbamates (subject to hydrolysis) is 1. The molecule has 4 nitrogen and oxygen atoms in total. The molecule has 0 aliphatic carbocycles. The maximum atomic E-state index is 11.2. The Bertz CT molecular complexity index is 388. The Labute approximate surface area is 88.4 Å². The van der Waals surface area contributed by atoms with E-state index in [-0.39, 0.29) is 0 Å². The molecular formula is C9H6BrNO3. The zero-order valence-corrected chi connectivity index (χ0v) is 8.58. The Hall–Kier alpha value is -1.36. The second-order valence-corrected chi connectivity index (χ2v) is 3.74. The molecular weight excluding hydrogens is 250 g/mol. The number of benzene rings is 1. The molecule has 1 aromatic carbocycles. The molecule has 5 heteroatoms. The van der Waals surface area contributed by atoms with Gasteiger partial charge in [0, 0.05) is 10.0 Å². The molecule has 1 aliphatic rings. The van der Waals surface area contributed by atoms with Crippen molar-refractivity contribution in [2.24, 2.45) is 0 Å². The fourth-order valence-electron chi connectivity index (χ4n) is 1.21. The van der Waals surface area contributed by atoms with Gasteiger partial charge in [0.05, 0.1) is 0 Å². The summed E-state index contributed by atoms with van der Waals surface area (Å²) >= 11 is 3.27. The van der Waals surface area contributed by atoms with E-state index in [0.29, 0.717) is 5.56 Å². The van der Waals surface area contributed by atoms with Crippen LogP contribution in [-0.4, -0.2) is 12.0 Å². The van der Waals surface area contributed by atoms with Gasteiger partial charge in [-0.3, -0.25) is 10.1 Å². The van der Waals surface area contributed by atoms with Crippen LogP contribution in [0.2, 0.25) is 0 Å². The predicted molar refractivity (Wildman–Crippen MR) is 51.5 cm³/mol. The number of amides is 2. The van der Waals surface area contributed by atoms with Gasteiger partial charge in [0.1, 0.15) is 0 Å². The monoisotopic (exact) mass is 255 g/mol. The average Bonchev–Trinajstić information content (AvgIpc) is 2.47. The largest absolute Gasteiger partial charge is 0.431 e. The van der Waals surface area contributed by atoms with Gasteiger partial charge in [-0.25, -0.2) is 4.79 Å². The molecule has 0 spiro atoms. The molecule has 0 unspecified atom stereocenters. The number of nitrogens with one attached hydrogen (secondary N) is 1. The molecule has 0 bridgehead atoms. The molecule has 0 saturated carbocycles. The lowest BCUT2D eigenvalue weighted by atomic mass is 10.1. The van der Waals surface area contributed by atoms with Gasteiger partial charge >= 0.3 is 6.09 Å². The Morgan fingerprint density at radius 3 is 2.36 bits per heavy atom. The first-order valence-electron chi connectivity index (χ1n) is 3.94. The van der Waals surface area contributed by atoms with Crippen molar-refractivity contribution in [3.8, 4) is 0 Å². The van der Waals surface area contributed by atoms with Gasteiger partial charge in [0.25, 0.3) is 5.91 Å². The van der Waals surface area contributed by atoms with Crippen molar-refractivity contribution in [3.05, 3.63) is 34.3 Å². The fraction of sp³-hybridized carbons (Fsp3) is 0.111. The maximum absolute atomic E-state index is 11.2. The van der Waals surface area contributed by atoms with E-state index in [9.17, 15) is 9.59 Å². The van der Waals surface area contributed by atoms with Gasteiger partial charge in [-0.15, -0.1) is 0 Å². The summed E-state index contributed by atoms with van der Waals surface area (Å²) in [5, 5.41) is 2.07. The lowest BCUT2D eigenvalue weighted by Crippen LogP contribution is -2.20. The number of carbonyl (C=O) groups is 2. The summed E-state index contributed by atoms with van der Waals surface area (Å²) in [5.41, 5.74) is 0.663. The van der Waals surface area contributed by atoms with Crippen LogP contribution >= 0.6 is 15.9 Å². The summed E-state index contributed by atoms with van der Waals surface area (Å²) in [6.07, 6.45) is -1.50. The smallest absolute Gasteiger partial charge is 0.415 e. The van der Waals surface area contributed by atoms with Crippen LogP contribution in [-0.2, 0) is 9.53 Å². The third kappa shape index (κ3) is 1.63. The van der Waals surface area contributed by atoms with Gasteiger partial charge in [-0.05, 0) is 12.1 Å². The van der Waals surface area contributed by atoms with E-state index in [2.05, 4.69) is 21.2 Å². The summed E-state index contributed by atoms with van der Waals surface area (Å²) in [7, 11) is 0. The van der Waals surface area contributed by atoms with Gasteiger partial charge in [0.2, 0.25) is 6.10 Å². The molecule has 0 radical (unpaired) electrons. The number of carbonyl (C=O) groups excluding carboxylic acids is 2. The van der Waals surface area contributed by atoms with Crippen molar-refractivity contribution in [2.75, 3.05) is 0 Å². The second kappa shape index (κ2) is 3.42. The van der Waals surface area contributed by atoms with Crippen LogP contribution in [0.4, 0.5) is 4.79 Å². The van der Waals surface area contributed by atoms with Gasteiger partial charge in [0.15, 0.2) is 0 Å². The first kappa shape index (κ1) is 9.21. The van der Waals surface area contributed by atoms with Crippen LogP contribution < -0.4 is 5.32 Å². The minimum Gasteiger partial charge on any atom is -0.431 e. The predicted octanol–water partition coefficient (Wildman–Crippen LogP) is 1.76. The third-order valence-corrected chi connectivity index (χ3v) is 2.39. The summed E-state index contributed by atoms with van der Waals surface area (Å²) < 4.78 is 5.69. The van der Waals surface area contributed by atoms with E-state index in [1.165, 1.54) is 0 Å². The molecule has 1 aromatic rings. The van der Waals surface area contributed by atoms with Crippen LogP contribution in [0.25, 0.3) is 0 Å². The molecule has 72 valence electrons. The summed E-state index contributed by atoms with van der Waals surface area (Å²) in [5.74, 6) is -0.419. The standard InChI is InChI=1S/C9H6BrNO3/c10-6-3-1-5(2-4-6)7-8(12)11-9(13)14-7/h1-4,7H,(H,11,12,13)/t7-/m1/s1. The second-order valence-electron chi connectivity index (χ2n) is 2.83. The van der Waals surface area contributed by atoms with Crippen molar-refractivity contribution < 1.29 is 14.3 Å². The minimum atomic E-state index is -0.810. The van der Waals surface area contributed by atoms with Crippen molar-refractivity contribution >= 4 is 27.9 Å². The molecule has 2 amide bonds. The number of cyclic esters (lactones) is 1. The molecule has 1 fully saturated rings. The third-order valence-electron chi connectivity index (χ3n) is 1.86. The van der Waals surface area contributed by atoms with E-state index in [4.69, 9.17) is 4.74 Å². The van der Waals surface area contributed by atoms with Gasteiger partial charge in [-0.2, -0.15) is 0 Å². The van der Waals surface area contributed by atoms with Crippen molar-refractivity contribution in [2.45, 2.75) is 6.10 Å². The summed E-state index contributed by atoms with van der Waals surface area (Å²) in [4.78, 5) is 21.9. The van der Waals surface area contributed by atoms with Crippen LogP contribution in [0.5, 0.6) is 0 Å². The van der Waals surface area contributed by atoms with E-state index >= 15 is 0 Å². The summed E-state index contributed by atoms with van der Waals surface area (Å²) in [6.45, 7) is 0. The van der Waals surface area contributed by atoms with Gasteiger partial charge in [-0.1, -0.05) is 28.1 Å². The Morgan fingerprint density at radius 1 is 1.21 bits per heavy atom. The number of hydrogen-bond acceptors (Lipinski definition) is 3. The quantitative estimate of drug-likeness (QED) is 0.832. The van der Waals surface area contributed by atoms with E-state index in [1.807, 2.05) is 0 Å². The van der Waals surface area contributed by atoms with Crippen molar-refractivity contribution in [3.63, 3.8) is 0 Å².